The molecular formula is C56H109NO8P+. The average Bonchev–Trinajstić information content (AvgIpc) is 3.27. The summed E-state index contributed by atoms with van der Waals surface area (Å²) in [6.07, 6.45) is 56.8. The minimum Gasteiger partial charge on any atom is -0.462 e. The molecule has 0 saturated heterocycles. The molecule has 0 bridgehead atoms. The van der Waals surface area contributed by atoms with Gasteiger partial charge >= 0.3 is 19.8 Å². The van der Waals surface area contributed by atoms with Gasteiger partial charge < -0.3 is 18.9 Å². The summed E-state index contributed by atoms with van der Waals surface area (Å²) >= 11 is 0. The highest BCUT2D eigenvalue weighted by Gasteiger charge is 2.27. The van der Waals surface area contributed by atoms with Gasteiger partial charge in [-0.1, -0.05) is 237 Å². The molecule has 0 aromatic rings. The van der Waals surface area contributed by atoms with Crippen LogP contribution in [0.2, 0.25) is 0 Å². The molecule has 0 aliphatic heterocycles. The van der Waals surface area contributed by atoms with Crippen LogP contribution in [0.4, 0.5) is 0 Å². The van der Waals surface area contributed by atoms with E-state index >= 15 is 0 Å². The predicted octanol–water partition coefficient (Wildman–Crippen LogP) is 17.0. The summed E-state index contributed by atoms with van der Waals surface area (Å²) < 4.78 is 34.5. The summed E-state index contributed by atoms with van der Waals surface area (Å²) in [4.78, 5) is 35.6. The van der Waals surface area contributed by atoms with Gasteiger partial charge in [-0.25, -0.2) is 4.57 Å². The lowest BCUT2D eigenvalue weighted by Gasteiger charge is -2.24. The highest BCUT2D eigenvalue weighted by atomic mass is 31.2. The van der Waals surface area contributed by atoms with Crippen molar-refractivity contribution in [2.75, 3.05) is 47.5 Å². The van der Waals surface area contributed by atoms with Crippen molar-refractivity contribution in [1.29, 1.82) is 0 Å². The molecule has 0 amide bonds. The van der Waals surface area contributed by atoms with Crippen molar-refractivity contribution in [3.05, 3.63) is 24.3 Å². The number of esters is 2. The Morgan fingerprint density at radius 2 is 0.818 bits per heavy atom. The second-order valence-electron chi connectivity index (χ2n) is 20.3. The topological polar surface area (TPSA) is 108 Å². The molecule has 0 saturated carbocycles. The normalized spacial score (nSPS) is 13.5. The number of carbonyl (C=O) groups is 2. The fourth-order valence-electron chi connectivity index (χ4n) is 8.11. The largest absolute Gasteiger partial charge is 0.472 e. The molecule has 0 rings (SSSR count). The number of quaternary nitrogens is 1. The van der Waals surface area contributed by atoms with E-state index in [-0.39, 0.29) is 25.6 Å². The molecule has 390 valence electrons. The van der Waals surface area contributed by atoms with Crippen LogP contribution in [0.5, 0.6) is 0 Å². The van der Waals surface area contributed by atoms with Gasteiger partial charge in [-0.3, -0.25) is 18.6 Å². The average molecular weight is 955 g/mol. The van der Waals surface area contributed by atoms with E-state index in [9.17, 15) is 19.0 Å². The third-order valence-electron chi connectivity index (χ3n) is 12.5. The number of unbranched alkanes of at least 4 members (excludes halogenated alkanes) is 34. The van der Waals surface area contributed by atoms with Crippen molar-refractivity contribution in [2.24, 2.45) is 0 Å². The van der Waals surface area contributed by atoms with E-state index in [4.69, 9.17) is 18.5 Å². The van der Waals surface area contributed by atoms with Gasteiger partial charge in [0.1, 0.15) is 19.8 Å². The van der Waals surface area contributed by atoms with Crippen molar-refractivity contribution < 1.29 is 42.1 Å². The van der Waals surface area contributed by atoms with Gasteiger partial charge in [-0.05, 0) is 44.9 Å². The number of rotatable bonds is 52. The first-order valence-corrected chi connectivity index (χ1v) is 29.6. The molecule has 9 nitrogen and oxygen atoms in total. The number of likely N-dealkylation sites (N-methyl/N-ethyl adjacent to an activating group) is 1. The molecule has 0 aromatic carbocycles. The number of phosphoric ester groups is 1. The zero-order chi connectivity index (χ0) is 48.5. The highest BCUT2D eigenvalue weighted by molar-refractivity contribution is 7.47. The lowest BCUT2D eigenvalue weighted by molar-refractivity contribution is -0.870. The van der Waals surface area contributed by atoms with E-state index in [1.165, 1.54) is 180 Å². The van der Waals surface area contributed by atoms with E-state index in [0.717, 1.165) is 57.8 Å². The van der Waals surface area contributed by atoms with Crippen molar-refractivity contribution >= 4 is 19.8 Å². The van der Waals surface area contributed by atoms with Crippen LogP contribution in [0.3, 0.4) is 0 Å². The Morgan fingerprint density at radius 3 is 1.21 bits per heavy atom. The third-order valence-corrected chi connectivity index (χ3v) is 13.5. The minimum absolute atomic E-state index is 0.0310. The molecular weight excluding hydrogens is 846 g/mol. The van der Waals surface area contributed by atoms with Gasteiger partial charge in [-0.15, -0.1) is 0 Å². The first kappa shape index (κ1) is 64.5. The van der Waals surface area contributed by atoms with Gasteiger partial charge in [0.15, 0.2) is 6.10 Å². The van der Waals surface area contributed by atoms with Crippen molar-refractivity contribution in [3.63, 3.8) is 0 Å². The Morgan fingerprint density at radius 1 is 0.470 bits per heavy atom. The highest BCUT2D eigenvalue weighted by Crippen LogP contribution is 2.43. The zero-order valence-corrected chi connectivity index (χ0v) is 45.1. The molecule has 0 aromatic heterocycles. The molecule has 66 heavy (non-hydrogen) atoms. The van der Waals surface area contributed by atoms with Gasteiger partial charge in [-0.2, -0.15) is 0 Å². The summed E-state index contributed by atoms with van der Waals surface area (Å²) in [5.41, 5.74) is 0. The molecule has 2 atom stereocenters. The summed E-state index contributed by atoms with van der Waals surface area (Å²) in [5.74, 6) is -0.800. The lowest BCUT2D eigenvalue weighted by Crippen LogP contribution is -2.37. The SMILES string of the molecule is CCCCCC/C=C\C/C=C\CCCCCCCC(=O)OC(COC(=O)CCCCCCCCCCCCCCCCCCCCCCCCCCCC)COP(=O)(O)OCC[N+](C)(C)C. The van der Waals surface area contributed by atoms with Gasteiger partial charge in [0.05, 0.1) is 27.7 Å². The van der Waals surface area contributed by atoms with Gasteiger partial charge in [0.2, 0.25) is 0 Å². The van der Waals surface area contributed by atoms with Crippen molar-refractivity contribution in [2.45, 2.75) is 277 Å². The molecule has 0 aliphatic carbocycles. The fraction of sp³-hybridized carbons (Fsp3) is 0.893. The van der Waals surface area contributed by atoms with E-state index in [1.807, 2.05) is 21.1 Å². The molecule has 0 heterocycles. The van der Waals surface area contributed by atoms with Crippen LogP contribution in [0, 0.1) is 0 Å². The number of phosphoric acid groups is 1. The number of hydrogen-bond acceptors (Lipinski definition) is 7. The standard InChI is InChI=1S/C56H108NO8P/c1-6-8-10-12-14-16-18-20-22-24-25-26-27-28-29-30-31-32-33-35-36-38-40-42-44-46-48-55(58)62-52-54(53-64-66(60,61)63-51-50-57(3,4)5)65-56(59)49-47-45-43-41-39-37-34-23-21-19-17-15-13-11-9-7-2/h17,19,23,34,54H,6-16,18,20-22,24-33,35-53H2,1-5H3/p+1/b19-17-,34-23-. The Labute approximate surface area is 409 Å². The van der Waals surface area contributed by atoms with E-state index < -0.39 is 26.5 Å². The lowest BCUT2D eigenvalue weighted by atomic mass is 10.0. The summed E-state index contributed by atoms with van der Waals surface area (Å²) in [7, 11) is 1.48. The predicted molar refractivity (Wildman–Crippen MR) is 280 cm³/mol. The quantitative estimate of drug-likeness (QED) is 0.0211. The van der Waals surface area contributed by atoms with Crippen LogP contribution in [0.15, 0.2) is 24.3 Å². The number of nitrogens with zero attached hydrogens (tertiary/aromatic N) is 1. The Hall–Kier alpha value is -1.51. The molecule has 10 heteroatoms. The fourth-order valence-corrected chi connectivity index (χ4v) is 8.85. The smallest absolute Gasteiger partial charge is 0.462 e. The Kier molecular flexibility index (Phi) is 47.4. The minimum atomic E-state index is -4.38. The Bertz CT molecular complexity index is 1170. The maximum Gasteiger partial charge on any atom is 0.472 e. The molecule has 1 N–H and O–H groups in total. The number of ether oxygens (including phenoxy) is 2. The Balaban J connectivity index is 4.11. The van der Waals surface area contributed by atoms with Gasteiger partial charge in [0, 0.05) is 12.8 Å². The first-order chi connectivity index (χ1) is 32.0. The van der Waals surface area contributed by atoms with Crippen LogP contribution in [0.1, 0.15) is 271 Å². The van der Waals surface area contributed by atoms with Gasteiger partial charge in [0.25, 0.3) is 0 Å². The number of carbonyl (C=O) groups excluding carboxylic acids is 2. The molecule has 0 spiro atoms. The second kappa shape index (κ2) is 48.5. The van der Waals surface area contributed by atoms with Crippen LogP contribution in [0.25, 0.3) is 0 Å². The van der Waals surface area contributed by atoms with Crippen molar-refractivity contribution in [3.8, 4) is 0 Å². The third kappa shape index (κ3) is 51.9. The van der Waals surface area contributed by atoms with E-state index in [0.29, 0.717) is 23.9 Å². The molecule has 0 fully saturated rings. The monoisotopic (exact) mass is 955 g/mol. The van der Waals surface area contributed by atoms with Crippen LogP contribution in [-0.4, -0.2) is 74.9 Å². The van der Waals surface area contributed by atoms with E-state index in [2.05, 4.69) is 38.2 Å². The van der Waals surface area contributed by atoms with Crippen LogP contribution >= 0.6 is 7.82 Å². The first-order valence-electron chi connectivity index (χ1n) is 28.1. The number of allylic oxidation sites excluding steroid dienone is 4. The molecule has 0 aliphatic rings. The summed E-state index contributed by atoms with van der Waals surface area (Å²) in [5, 5.41) is 0. The molecule has 0 radical (unpaired) electrons. The summed E-state index contributed by atoms with van der Waals surface area (Å²) in [6.45, 7) is 4.44. The molecule has 2 unspecified atom stereocenters. The zero-order valence-electron chi connectivity index (χ0n) is 44.2. The summed E-state index contributed by atoms with van der Waals surface area (Å²) in [6, 6.07) is 0. The maximum atomic E-state index is 12.8. The van der Waals surface area contributed by atoms with E-state index in [1.54, 1.807) is 0 Å². The van der Waals surface area contributed by atoms with Crippen LogP contribution in [-0.2, 0) is 32.7 Å². The number of hydrogen-bond donors (Lipinski definition) is 1. The maximum absolute atomic E-state index is 12.8. The van der Waals surface area contributed by atoms with Crippen molar-refractivity contribution in [1.82, 2.24) is 0 Å². The second-order valence-corrected chi connectivity index (χ2v) is 21.8. The van der Waals surface area contributed by atoms with Crippen LogP contribution < -0.4 is 0 Å².